The molecular weight excluding hydrogens is 215 g/mol. The molecule has 94 valence electrons. The summed E-state index contributed by atoms with van der Waals surface area (Å²) in [4.78, 5) is 2.20. The Kier molecular flexibility index (Phi) is 3.38. The molecule has 0 saturated carbocycles. The van der Waals surface area contributed by atoms with Crippen LogP contribution in [0.3, 0.4) is 0 Å². The van der Waals surface area contributed by atoms with Gasteiger partial charge in [0, 0.05) is 24.7 Å². The van der Waals surface area contributed by atoms with Crippen LogP contribution in [-0.2, 0) is 0 Å². The van der Waals surface area contributed by atoms with Gasteiger partial charge in [0.25, 0.3) is 0 Å². The van der Waals surface area contributed by atoms with Gasteiger partial charge in [0.1, 0.15) is 5.82 Å². The first-order chi connectivity index (χ1) is 8.03. The Morgan fingerprint density at radius 3 is 2.76 bits per heavy atom. The summed E-state index contributed by atoms with van der Waals surface area (Å²) < 4.78 is 13.9. The zero-order valence-electron chi connectivity index (χ0n) is 10.8. The van der Waals surface area contributed by atoms with Crippen molar-refractivity contribution in [1.82, 2.24) is 5.32 Å². The van der Waals surface area contributed by atoms with Crippen molar-refractivity contribution >= 4 is 5.69 Å². The van der Waals surface area contributed by atoms with E-state index in [0.717, 1.165) is 25.2 Å². The third kappa shape index (κ3) is 2.60. The lowest BCUT2D eigenvalue weighted by atomic mass is 9.97. The van der Waals surface area contributed by atoms with Crippen molar-refractivity contribution in [3.05, 3.63) is 30.1 Å². The zero-order valence-corrected chi connectivity index (χ0v) is 10.8. The van der Waals surface area contributed by atoms with Crippen molar-refractivity contribution in [3.63, 3.8) is 0 Å². The molecule has 1 aromatic rings. The van der Waals surface area contributed by atoms with E-state index in [1.165, 1.54) is 6.07 Å². The van der Waals surface area contributed by atoms with Crippen LogP contribution in [0.4, 0.5) is 10.1 Å². The summed E-state index contributed by atoms with van der Waals surface area (Å²) in [6.07, 6.45) is 1.03. The highest BCUT2D eigenvalue weighted by molar-refractivity contribution is 5.49. The van der Waals surface area contributed by atoms with Crippen LogP contribution in [0.25, 0.3) is 0 Å². The highest BCUT2D eigenvalue weighted by atomic mass is 19.1. The Bertz CT molecular complexity index is 390. The van der Waals surface area contributed by atoms with E-state index in [-0.39, 0.29) is 11.4 Å². The maximum absolute atomic E-state index is 13.9. The van der Waals surface area contributed by atoms with Crippen LogP contribution in [0.15, 0.2) is 24.3 Å². The number of hydrogen-bond donors (Lipinski definition) is 1. The SMILES string of the molecule is CCC1CNC(C)(C)CN1c1ccccc1F. The maximum atomic E-state index is 13.9. The van der Waals surface area contributed by atoms with Crippen LogP contribution in [-0.4, -0.2) is 24.7 Å². The van der Waals surface area contributed by atoms with Gasteiger partial charge in [-0.2, -0.15) is 0 Å². The fourth-order valence-electron chi connectivity index (χ4n) is 2.45. The summed E-state index contributed by atoms with van der Waals surface area (Å²) in [6.45, 7) is 8.22. The Morgan fingerprint density at radius 2 is 2.12 bits per heavy atom. The third-order valence-electron chi connectivity index (χ3n) is 3.46. The second kappa shape index (κ2) is 4.65. The van der Waals surface area contributed by atoms with Crippen molar-refractivity contribution in [3.8, 4) is 0 Å². The summed E-state index contributed by atoms with van der Waals surface area (Å²) in [7, 11) is 0. The molecule has 1 saturated heterocycles. The number of rotatable bonds is 2. The van der Waals surface area contributed by atoms with Crippen LogP contribution < -0.4 is 10.2 Å². The molecule has 0 aromatic heterocycles. The van der Waals surface area contributed by atoms with Crippen molar-refractivity contribution < 1.29 is 4.39 Å². The van der Waals surface area contributed by atoms with Gasteiger partial charge in [-0.15, -0.1) is 0 Å². The quantitative estimate of drug-likeness (QED) is 0.849. The first-order valence-electron chi connectivity index (χ1n) is 6.30. The summed E-state index contributed by atoms with van der Waals surface area (Å²) in [5.41, 5.74) is 0.766. The molecule has 1 aromatic carbocycles. The minimum Gasteiger partial charge on any atom is -0.363 e. The molecule has 17 heavy (non-hydrogen) atoms. The monoisotopic (exact) mass is 236 g/mol. The Labute approximate surface area is 103 Å². The van der Waals surface area contributed by atoms with E-state index in [0.29, 0.717) is 6.04 Å². The van der Waals surface area contributed by atoms with E-state index in [1.807, 2.05) is 12.1 Å². The van der Waals surface area contributed by atoms with E-state index in [2.05, 4.69) is 31.0 Å². The number of piperazine rings is 1. The molecule has 1 N–H and O–H groups in total. The minimum absolute atomic E-state index is 0.0357. The smallest absolute Gasteiger partial charge is 0.146 e. The summed E-state index contributed by atoms with van der Waals surface area (Å²) in [6, 6.07) is 7.43. The molecule has 1 aliphatic rings. The van der Waals surface area contributed by atoms with Crippen molar-refractivity contribution in [2.24, 2.45) is 0 Å². The largest absolute Gasteiger partial charge is 0.363 e. The number of halogens is 1. The summed E-state index contributed by atoms with van der Waals surface area (Å²) in [5.74, 6) is -0.122. The van der Waals surface area contributed by atoms with Gasteiger partial charge in [0.05, 0.1) is 5.69 Å². The summed E-state index contributed by atoms with van der Waals surface area (Å²) >= 11 is 0. The van der Waals surface area contributed by atoms with Gasteiger partial charge in [0.15, 0.2) is 0 Å². The molecule has 1 unspecified atom stereocenters. The normalized spacial score (nSPS) is 23.8. The van der Waals surface area contributed by atoms with Gasteiger partial charge in [-0.05, 0) is 32.4 Å². The average molecular weight is 236 g/mol. The molecule has 0 amide bonds. The van der Waals surface area contributed by atoms with E-state index in [9.17, 15) is 4.39 Å². The molecule has 1 atom stereocenters. The molecule has 2 rings (SSSR count). The van der Waals surface area contributed by atoms with Gasteiger partial charge in [-0.3, -0.25) is 0 Å². The third-order valence-corrected chi connectivity index (χ3v) is 3.46. The molecule has 0 bridgehead atoms. The molecule has 0 aliphatic carbocycles. The predicted molar refractivity (Wildman–Crippen MR) is 69.9 cm³/mol. The Balaban J connectivity index is 2.30. The van der Waals surface area contributed by atoms with Gasteiger partial charge >= 0.3 is 0 Å². The van der Waals surface area contributed by atoms with Crippen molar-refractivity contribution in [2.75, 3.05) is 18.0 Å². The first-order valence-corrected chi connectivity index (χ1v) is 6.30. The maximum Gasteiger partial charge on any atom is 0.146 e. The van der Waals surface area contributed by atoms with E-state index in [4.69, 9.17) is 0 Å². The molecule has 3 heteroatoms. The predicted octanol–water partition coefficient (Wildman–Crippen LogP) is 2.79. The summed E-state index contributed by atoms with van der Waals surface area (Å²) in [5, 5.41) is 3.51. The van der Waals surface area contributed by atoms with E-state index in [1.54, 1.807) is 6.07 Å². The van der Waals surface area contributed by atoms with E-state index >= 15 is 0 Å². The fraction of sp³-hybridized carbons (Fsp3) is 0.571. The van der Waals surface area contributed by atoms with Crippen LogP contribution in [0.5, 0.6) is 0 Å². The number of hydrogen-bond acceptors (Lipinski definition) is 2. The molecular formula is C14H21FN2. The lowest BCUT2D eigenvalue weighted by molar-refractivity contribution is 0.304. The lowest BCUT2D eigenvalue weighted by Crippen LogP contribution is -2.61. The topological polar surface area (TPSA) is 15.3 Å². The first kappa shape index (κ1) is 12.4. The zero-order chi connectivity index (χ0) is 12.5. The molecule has 0 radical (unpaired) electrons. The van der Waals surface area contributed by atoms with Crippen LogP contribution >= 0.6 is 0 Å². The number of nitrogens with one attached hydrogen (secondary N) is 1. The van der Waals surface area contributed by atoms with Crippen LogP contribution in [0, 0.1) is 5.82 Å². The van der Waals surface area contributed by atoms with Crippen molar-refractivity contribution in [1.29, 1.82) is 0 Å². The highest BCUT2D eigenvalue weighted by Crippen LogP contribution is 2.26. The van der Waals surface area contributed by atoms with Crippen molar-refractivity contribution in [2.45, 2.75) is 38.8 Å². The molecule has 0 spiro atoms. The highest BCUT2D eigenvalue weighted by Gasteiger charge is 2.32. The number of benzene rings is 1. The second-order valence-corrected chi connectivity index (χ2v) is 5.41. The Hall–Kier alpha value is -1.09. The van der Waals surface area contributed by atoms with Crippen LogP contribution in [0.2, 0.25) is 0 Å². The van der Waals surface area contributed by atoms with Gasteiger partial charge in [-0.25, -0.2) is 4.39 Å². The van der Waals surface area contributed by atoms with Gasteiger partial charge in [-0.1, -0.05) is 19.1 Å². The number of anilines is 1. The average Bonchev–Trinajstić information content (AvgIpc) is 2.28. The number of nitrogens with zero attached hydrogens (tertiary/aromatic N) is 1. The van der Waals surface area contributed by atoms with Gasteiger partial charge in [0.2, 0.25) is 0 Å². The van der Waals surface area contributed by atoms with E-state index < -0.39 is 0 Å². The molecule has 1 heterocycles. The minimum atomic E-state index is -0.122. The lowest BCUT2D eigenvalue weighted by Gasteiger charge is -2.45. The molecule has 1 aliphatic heterocycles. The van der Waals surface area contributed by atoms with Crippen LogP contribution in [0.1, 0.15) is 27.2 Å². The second-order valence-electron chi connectivity index (χ2n) is 5.41. The number of para-hydroxylation sites is 1. The standard InChI is InChI=1S/C14H21FN2/c1-4-11-9-16-14(2,3)10-17(11)13-8-6-5-7-12(13)15/h5-8,11,16H,4,9-10H2,1-3H3. The molecule has 1 fully saturated rings. The Morgan fingerprint density at radius 1 is 1.41 bits per heavy atom. The van der Waals surface area contributed by atoms with Gasteiger partial charge < -0.3 is 10.2 Å². The molecule has 2 nitrogen and oxygen atoms in total. The fourth-order valence-corrected chi connectivity index (χ4v) is 2.45.